The predicted molar refractivity (Wildman–Crippen MR) is 83.5 cm³/mol. The Morgan fingerprint density at radius 1 is 1.38 bits per heavy atom. The maximum atomic E-state index is 12.3. The maximum Gasteiger partial charge on any atom is 0.236 e. The molecule has 0 aromatic heterocycles. The van der Waals surface area contributed by atoms with Crippen molar-refractivity contribution in [1.82, 2.24) is 15.1 Å². The molecule has 1 amide bonds. The Balaban J connectivity index is 1.95. The van der Waals surface area contributed by atoms with Crippen molar-refractivity contribution in [3.63, 3.8) is 0 Å². The van der Waals surface area contributed by atoms with Gasteiger partial charge in [0.1, 0.15) is 5.75 Å². The van der Waals surface area contributed by atoms with E-state index in [0.29, 0.717) is 13.1 Å². The molecule has 116 valence electrons. The normalized spacial score (nSPS) is 15.8. The number of nitrogens with zero attached hydrogens (tertiary/aromatic N) is 2. The lowest BCUT2D eigenvalue weighted by atomic mass is 10.1. The lowest BCUT2D eigenvalue weighted by molar-refractivity contribution is -0.131. The van der Waals surface area contributed by atoms with Gasteiger partial charge in [0.2, 0.25) is 5.91 Å². The first-order chi connectivity index (χ1) is 10.1. The maximum absolute atomic E-state index is 12.3. The van der Waals surface area contributed by atoms with Crippen LogP contribution < -0.4 is 10.1 Å². The Hall–Kier alpha value is -1.59. The number of ether oxygens (including phenoxy) is 1. The van der Waals surface area contributed by atoms with Gasteiger partial charge in [-0.25, -0.2) is 0 Å². The van der Waals surface area contributed by atoms with E-state index in [1.165, 1.54) is 5.56 Å². The van der Waals surface area contributed by atoms with E-state index in [1.54, 1.807) is 12.0 Å². The number of carbonyl (C=O) groups is 1. The number of nitrogens with one attached hydrogen (secondary N) is 1. The van der Waals surface area contributed by atoms with E-state index in [2.05, 4.69) is 16.3 Å². The van der Waals surface area contributed by atoms with Gasteiger partial charge < -0.3 is 15.0 Å². The van der Waals surface area contributed by atoms with Crippen LogP contribution >= 0.6 is 0 Å². The van der Waals surface area contributed by atoms with Gasteiger partial charge in [-0.15, -0.1) is 0 Å². The number of rotatable bonds is 5. The summed E-state index contributed by atoms with van der Waals surface area (Å²) in [6, 6.07) is 6.05. The molecule has 21 heavy (non-hydrogen) atoms. The van der Waals surface area contributed by atoms with Crippen LogP contribution in [0.25, 0.3) is 0 Å². The van der Waals surface area contributed by atoms with Gasteiger partial charge >= 0.3 is 0 Å². The van der Waals surface area contributed by atoms with Crippen LogP contribution in [-0.4, -0.2) is 62.6 Å². The van der Waals surface area contributed by atoms with Crippen LogP contribution in [0.2, 0.25) is 0 Å². The summed E-state index contributed by atoms with van der Waals surface area (Å²) in [4.78, 5) is 16.3. The molecule has 1 heterocycles. The second-order valence-electron chi connectivity index (χ2n) is 5.59. The fraction of sp³-hybridized carbons (Fsp3) is 0.562. The van der Waals surface area contributed by atoms with Gasteiger partial charge in [-0.05, 0) is 13.0 Å². The van der Waals surface area contributed by atoms with Gasteiger partial charge in [0.05, 0.1) is 13.7 Å². The van der Waals surface area contributed by atoms with E-state index < -0.39 is 0 Å². The summed E-state index contributed by atoms with van der Waals surface area (Å²) in [5.74, 6) is 0.989. The Labute approximate surface area is 126 Å². The van der Waals surface area contributed by atoms with E-state index >= 15 is 0 Å². The van der Waals surface area contributed by atoms with E-state index in [0.717, 1.165) is 37.5 Å². The van der Waals surface area contributed by atoms with Crippen LogP contribution in [0, 0.1) is 6.92 Å². The third-order valence-electron chi connectivity index (χ3n) is 3.84. The summed E-state index contributed by atoms with van der Waals surface area (Å²) < 4.78 is 5.37. The van der Waals surface area contributed by atoms with Crippen molar-refractivity contribution in [3.05, 3.63) is 29.3 Å². The molecule has 0 unspecified atom stereocenters. The molecule has 1 aliphatic rings. The van der Waals surface area contributed by atoms with Gasteiger partial charge in [0.25, 0.3) is 0 Å². The predicted octanol–water partition coefficient (Wildman–Crippen LogP) is 0.867. The first-order valence-corrected chi connectivity index (χ1v) is 7.40. The minimum atomic E-state index is 0.153. The number of likely N-dealkylation sites (N-methyl/N-ethyl adjacent to an activating group) is 1. The fourth-order valence-electron chi connectivity index (χ4n) is 2.56. The molecule has 0 spiro atoms. The van der Waals surface area contributed by atoms with Crippen molar-refractivity contribution in [2.24, 2.45) is 0 Å². The van der Waals surface area contributed by atoms with Crippen LogP contribution in [0.5, 0.6) is 5.75 Å². The molecule has 1 aromatic carbocycles. The summed E-state index contributed by atoms with van der Waals surface area (Å²) >= 11 is 0. The third-order valence-corrected chi connectivity index (χ3v) is 3.84. The second kappa shape index (κ2) is 7.43. The number of piperazine rings is 1. The highest BCUT2D eigenvalue weighted by molar-refractivity contribution is 5.78. The number of aryl methyl sites for hydroxylation is 1. The van der Waals surface area contributed by atoms with E-state index in [1.807, 2.05) is 26.1 Å². The van der Waals surface area contributed by atoms with Crippen molar-refractivity contribution < 1.29 is 9.53 Å². The Morgan fingerprint density at radius 3 is 2.76 bits per heavy atom. The van der Waals surface area contributed by atoms with Gasteiger partial charge in [-0.1, -0.05) is 17.7 Å². The summed E-state index contributed by atoms with van der Waals surface area (Å²) in [5.41, 5.74) is 2.22. The fourth-order valence-corrected chi connectivity index (χ4v) is 2.56. The highest BCUT2D eigenvalue weighted by atomic mass is 16.5. The minimum Gasteiger partial charge on any atom is -0.496 e. The summed E-state index contributed by atoms with van der Waals surface area (Å²) in [6.07, 6.45) is 0. The largest absolute Gasteiger partial charge is 0.496 e. The first-order valence-electron chi connectivity index (χ1n) is 7.40. The van der Waals surface area contributed by atoms with Crippen molar-refractivity contribution in [2.45, 2.75) is 13.5 Å². The molecule has 0 aliphatic carbocycles. The zero-order valence-corrected chi connectivity index (χ0v) is 13.2. The van der Waals surface area contributed by atoms with Gasteiger partial charge in [-0.2, -0.15) is 0 Å². The number of benzene rings is 1. The zero-order valence-electron chi connectivity index (χ0n) is 13.2. The topological polar surface area (TPSA) is 44.8 Å². The molecule has 1 aliphatic heterocycles. The molecule has 1 aromatic rings. The Morgan fingerprint density at radius 2 is 2.10 bits per heavy atom. The van der Waals surface area contributed by atoms with Crippen molar-refractivity contribution in [1.29, 1.82) is 0 Å². The monoisotopic (exact) mass is 291 g/mol. The lowest BCUT2D eigenvalue weighted by Crippen LogP contribution is -2.47. The number of methoxy groups -OCH3 is 1. The van der Waals surface area contributed by atoms with E-state index in [4.69, 9.17) is 4.74 Å². The lowest BCUT2D eigenvalue weighted by Gasteiger charge is -2.28. The molecule has 1 N–H and O–H groups in total. The van der Waals surface area contributed by atoms with E-state index in [9.17, 15) is 4.79 Å². The smallest absolute Gasteiger partial charge is 0.236 e. The molecule has 0 atom stereocenters. The van der Waals surface area contributed by atoms with Crippen LogP contribution in [0.3, 0.4) is 0 Å². The van der Waals surface area contributed by atoms with E-state index in [-0.39, 0.29) is 5.91 Å². The molecule has 0 saturated carbocycles. The SMILES string of the molecule is COc1ccc(C)cc1CN(C)C(=O)CN1CCNCC1. The average Bonchev–Trinajstić information content (AvgIpc) is 2.48. The van der Waals surface area contributed by atoms with Crippen LogP contribution in [-0.2, 0) is 11.3 Å². The molecule has 0 radical (unpaired) electrons. The standard InChI is InChI=1S/C16H25N3O2/c1-13-4-5-15(21-3)14(10-13)11-18(2)16(20)12-19-8-6-17-7-9-19/h4-5,10,17H,6-9,11-12H2,1-3H3. The van der Waals surface area contributed by atoms with Gasteiger partial charge in [0.15, 0.2) is 0 Å². The van der Waals surface area contributed by atoms with Crippen molar-refractivity contribution >= 4 is 5.91 Å². The molecule has 5 heteroatoms. The average molecular weight is 291 g/mol. The van der Waals surface area contributed by atoms with Crippen molar-refractivity contribution in [3.8, 4) is 5.75 Å². The molecule has 5 nitrogen and oxygen atoms in total. The molecule has 2 rings (SSSR count). The van der Waals surface area contributed by atoms with Crippen LogP contribution in [0.4, 0.5) is 0 Å². The second-order valence-corrected chi connectivity index (χ2v) is 5.59. The third kappa shape index (κ3) is 4.44. The van der Waals surface area contributed by atoms with Crippen LogP contribution in [0.1, 0.15) is 11.1 Å². The number of hydrogen-bond donors (Lipinski definition) is 1. The summed E-state index contributed by atoms with van der Waals surface area (Å²) in [7, 11) is 3.52. The molecular weight excluding hydrogens is 266 g/mol. The molecule has 0 bridgehead atoms. The summed E-state index contributed by atoms with van der Waals surface area (Å²) in [5, 5.41) is 3.30. The highest BCUT2D eigenvalue weighted by Gasteiger charge is 2.17. The first kappa shape index (κ1) is 15.8. The summed E-state index contributed by atoms with van der Waals surface area (Å²) in [6.45, 7) is 6.92. The Bertz CT molecular complexity index is 484. The Kier molecular flexibility index (Phi) is 5.59. The van der Waals surface area contributed by atoms with Crippen molar-refractivity contribution in [2.75, 3.05) is 46.9 Å². The highest BCUT2D eigenvalue weighted by Crippen LogP contribution is 2.21. The number of hydrogen-bond acceptors (Lipinski definition) is 4. The molecular formula is C16H25N3O2. The molecule has 1 saturated heterocycles. The number of amides is 1. The van der Waals surface area contributed by atoms with Crippen LogP contribution in [0.15, 0.2) is 18.2 Å². The molecule has 1 fully saturated rings. The minimum absolute atomic E-state index is 0.153. The van der Waals surface area contributed by atoms with Gasteiger partial charge in [0, 0.05) is 45.3 Å². The quantitative estimate of drug-likeness (QED) is 0.874. The number of carbonyl (C=O) groups excluding carboxylic acids is 1. The zero-order chi connectivity index (χ0) is 15.2. The van der Waals surface area contributed by atoms with Gasteiger partial charge in [-0.3, -0.25) is 9.69 Å².